The summed E-state index contributed by atoms with van der Waals surface area (Å²) >= 11 is 1.82. The van der Waals surface area contributed by atoms with Crippen LogP contribution in [-0.2, 0) is 4.79 Å². The Morgan fingerprint density at radius 3 is 2.69 bits per heavy atom. The smallest absolute Gasteiger partial charge is 0.220 e. The van der Waals surface area contributed by atoms with Crippen molar-refractivity contribution < 1.29 is 4.79 Å². The largest absolute Gasteiger partial charge is 0.356 e. The van der Waals surface area contributed by atoms with Crippen LogP contribution in [0.1, 0.15) is 32.6 Å². The predicted octanol–water partition coefficient (Wildman–Crippen LogP) is 1.62. The lowest BCUT2D eigenvalue weighted by Crippen LogP contribution is -2.42. The van der Waals surface area contributed by atoms with Gasteiger partial charge in [-0.25, -0.2) is 0 Å². The minimum atomic E-state index is 0.132. The third-order valence-corrected chi connectivity index (χ3v) is 4.38. The molecule has 1 unspecified atom stereocenters. The van der Waals surface area contributed by atoms with E-state index < -0.39 is 0 Å². The maximum absolute atomic E-state index is 11.7. The van der Waals surface area contributed by atoms with Gasteiger partial charge < -0.3 is 11.1 Å². The molecule has 94 valence electrons. The van der Waals surface area contributed by atoms with Crippen LogP contribution < -0.4 is 11.1 Å². The van der Waals surface area contributed by atoms with Crippen molar-refractivity contribution in [1.29, 1.82) is 0 Å². The zero-order valence-corrected chi connectivity index (χ0v) is 11.2. The molecule has 0 radical (unpaired) electrons. The number of hydrogen-bond acceptors (Lipinski definition) is 3. The van der Waals surface area contributed by atoms with Gasteiger partial charge in [0, 0.05) is 13.0 Å². The van der Waals surface area contributed by atoms with E-state index in [2.05, 4.69) is 18.5 Å². The van der Waals surface area contributed by atoms with Crippen LogP contribution in [0.5, 0.6) is 0 Å². The van der Waals surface area contributed by atoms with Crippen molar-refractivity contribution in [3.63, 3.8) is 0 Å². The van der Waals surface area contributed by atoms with Gasteiger partial charge in [0.15, 0.2) is 0 Å². The van der Waals surface area contributed by atoms with Gasteiger partial charge in [0.1, 0.15) is 0 Å². The minimum absolute atomic E-state index is 0.132. The van der Waals surface area contributed by atoms with E-state index in [9.17, 15) is 4.79 Å². The van der Waals surface area contributed by atoms with Gasteiger partial charge in [-0.15, -0.1) is 0 Å². The van der Waals surface area contributed by atoms with Crippen molar-refractivity contribution in [2.75, 3.05) is 25.1 Å². The Labute approximate surface area is 103 Å². The van der Waals surface area contributed by atoms with E-state index in [0.29, 0.717) is 18.9 Å². The third kappa shape index (κ3) is 3.98. The molecule has 1 amide bonds. The van der Waals surface area contributed by atoms with Crippen LogP contribution in [0.3, 0.4) is 0 Å². The molecule has 0 aromatic heterocycles. The number of rotatable bonds is 7. The second kappa shape index (κ2) is 6.50. The van der Waals surface area contributed by atoms with Gasteiger partial charge in [0.25, 0.3) is 0 Å². The first-order valence-corrected chi connectivity index (χ1v) is 7.47. The fourth-order valence-electron chi connectivity index (χ4n) is 2.16. The van der Waals surface area contributed by atoms with E-state index >= 15 is 0 Å². The van der Waals surface area contributed by atoms with Crippen molar-refractivity contribution in [1.82, 2.24) is 5.32 Å². The van der Waals surface area contributed by atoms with E-state index in [1.807, 2.05) is 11.8 Å². The molecule has 0 aromatic rings. The van der Waals surface area contributed by atoms with Gasteiger partial charge in [0.05, 0.1) is 0 Å². The first-order chi connectivity index (χ1) is 7.62. The van der Waals surface area contributed by atoms with Crippen molar-refractivity contribution >= 4 is 17.7 Å². The molecule has 0 spiro atoms. The molecule has 0 aliphatic heterocycles. The molecule has 1 aliphatic rings. The predicted molar refractivity (Wildman–Crippen MR) is 70.5 cm³/mol. The zero-order chi connectivity index (χ0) is 12.0. The van der Waals surface area contributed by atoms with E-state index in [1.165, 1.54) is 6.42 Å². The lowest BCUT2D eigenvalue weighted by molar-refractivity contribution is -0.124. The average molecular weight is 244 g/mol. The molecule has 0 heterocycles. The molecule has 1 aliphatic carbocycles. The van der Waals surface area contributed by atoms with Crippen LogP contribution in [0, 0.1) is 11.3 Å². The molecule has 4 heteroatoms. The molecule has 0 aromatic carbocycles. The number of hydrogen-bond donors (Lipinski definition) is 2. The Hall–Kier alpha value is -0.220. The SMILES string of the molecule is CSCC(C)CNC(=O)CC1(CN)CCC1. The van der Waals surface area contributed by atoms with E-state index in [1.54, 1.807) is 0 Å². The highest BCUT2D eigenvalue weighted by molar-refractivity contribution is 7.98. The molecular formula is C12H24N2OS. The first kappa shape index (κ1) is 13.8. The molecule has 1 saturated carbocycles. The van der Waals surface area contributed by atoms with Crippen LogP contribution in [0.2, 0.25) is 0 Å². The van der Waals surface area contributed by atoms with Crippen LogP contribution in [0.25, 0.3) is 0 Å². The topological polar surface area (TPSA) is 55.1 Å². The van der Waals surface area contributed by atoms with Gasteiger partial charge >= 0.3 is 0 Å². The number of amides is 1. The number of thioether (sulfide) groups is 1. The van der Waals surface area contributed by atoms with Crippen molar-refractivity contribution in [2.45, 2.75) is 32.6 Å². The minimum Gasteiger partial charge on any atom is -0.356 e. The number of carbonyl (C=O) groups is 1. The molecule has 16 heavy (non-hydrogen) atoms. The Balaban J connectivity index is 2.20. The summed E-state index contributed by atoms with van der Waals surface area (Å²) < 4.78 is 0. The average Bonchev–Trinajstić information content (AvgIpc) is 2.21. The Bertz CT molecular complexity index is 224. The highest BCUT2D eigenvalue weighted by Crippen LogP contribution is 2.42. The zero-order valence-electron chi connectivity index (χ0n) is 10.4. The summed E-state index contributed by atoms with van der Waals surface area (Å²) in [7, 11) is 0. The fourth-order valence-corrected chi connectivity index (χ4v) is 2.85. The van der Waals surface area contributed by atoms with Gasteiger partial charge in [-0.2, -0.15) is 11.8 Å². The maximum atomic E-state index is 11.7. The summed E-state index contributed by atoms with van der Waals surface area (Å²) in [6, 6.07) is 0. The number of carbonyl (C=O) groups excluding carboxylic acids is 1. The van der Waals surface area contributed by atoms with Crippen molar-refractivity contribution in [3.8, 4) is 0 Å². The van der Waals surface area contributed by atoms with Gasteiger partial charge in [-0.05, 0) is 42.7 Å². The summed E-state index contributed by atoms with van der Waals surface area (Å²) in [5.74, 6) is 1.83. The number of nitrogens with two attached hydrogens (primary N) is 1. The Morgan fingerprint density at radius 1 is 1.56 bits per heavy atom. The molecule has 3 nitrogen and oxygen atoms in total. The molecular weight excluding hydrogens is 220 g/mol. The van der Waals surface area contributed by atoms with Gasteiger partial charge in [-0.1, -0.05) is 13.3 Å². The van der Waals surface area contributed by atoms with Gasteiger partial charge in [0.2, 0.25) is 5.91 Å². The van der Waals surface area contributed by atoms with Crippen LogP contribution in [0.15, 0.2) is 0 Å². The van der Waals surface area contributed by atoms with Gasteiger partial charge in [-0.3, -0.25) is 4.79 Å². The summed E-state index contributed by atoms with van der Waals surface area (Å²) in [5.41, 5.74) is 5.87. The highest BCUT2D eigenvalue weighted by atomic mass is 32.2. The molecule has 1 rings (SSSR count). The second-order valence-electron chi connectivity index (χ2n) is 5.10. The highest BCUT2D eigenvalue weighted by Gasteiger charge is 2.37. The maximum Gasteiger partial charge on any atom is 0.220 e. The van der Waals surface area contributed by atoms with Crippen LogP contribution >= 0.6 is 11.8 Å². The first-order valence-electron chi connectivity index (χ1n) is 6.07. The summed E-state index contributed by atoms with van der Waals surface area (Å²) in [6.07, 6.45) is 6.19. The third-order valence-electron chi connectivity index (χ3n) is 3.48. The lowest BCUT2D eigenvalue weighted by atomic mass is 9.66. The number of nitrogens with one attached hydrogen (secondary N) is 1. The van der Waals surface area contributed by atoms with E-state index in [4.69, 9.17) is 5.73 Å². The molecule has 1 atom stereocenters. The Morgan fingerprint density at radius 2 is 2.25 bits per heavy atom. The van der Waals surface area contributed by atoms with Crippen LogP contribution in [-0.4, -0.2) is 31.0 Å². The summed E-state index contributed by atoms with van der Waals surface area (Å²) in [4.78, 5) is 11.7. The standard InChI is InChI=1S/C12H24N2OS/c1-10(8-16-2)7-14-11(15)6-12(9-13)4-3-5-12/h10H,3-9,13H2,1-2H3,(H,14,15). The summed E-state index contributed by atoms with van der Waals surface area (Å²) in [5, 5.41) is 3.02. The molecule has 0 bridgehead atoms. The second-order valence-corrected chi connectivity index (χ2v) is 6.01. The fraction of sp³-hybridized carbons (Fsp3) is 0.917. The van der Waals surface area contributed by atoms with Crippen molar-refractivity contribution in [2.24, 2.45) is 17.1 Å². The monoisotopic (exact) mass is 244 g/mol. The molecule has 0 saturated heterocycles. The van der Waals surface area contributed by atoms with Crippen LogP contribution in [0.4, 0.5) is 0 Å². The lowest BCUT2D eigenvalue weighted by Gasteiger charge is -2.40. The van der Waals surface area contributed by atoms with Crippen molar-refractivity contribution in [3.05, 3.63) is 0 Å². The molecule has 1 fully saturated rings. The normalized spacial score (nSPS) is 19.9. The van der Waals surface area contributed by atoms with E-state index in [0.717, 1.165) is 25.1 Å². The van der Waals surface area contributed by atoms with E-state index in [-0.39, 0.29) is 11.3 Å². The summed E-state index contributed by atoms with van der Waals surface area (Å²) in [6.45, 7) is 3.61. The Kier molecular flexibility index (Phi) is 5.62. The molecule has 3 N–H and O–H groups in total. The quantitative estimate of drug-likeness (QED) is 0.715.